The van der Waals surface area contributed by atoms with E-state index in [4.69, 9.17) is 9.84 Å². The van der Waals surface area contributed by atoms with Crippen LogP contribution in [0.1, 0.15) is 33.6 Å². The minimum absolute atomic E-state index is 0.293. The van der Waals surface area contributed by atoms with Crippen LogP contribution in [0.5, 0.6) is 0 Å². The van der Waals surface area contributed by atoms with E-state index in [1.54, 1.807) is 6.92 Å². The maximum Gasteiger partial charge on any atom is 0.306 e. The van der Waals surface area contributed by atoms with Crippen molar-refractivity contribution < 1.29 is 14.6 Å². The van der Waals surface area contributed by atoms with Crippen molar-refractivity contribution in [3.63, 3.8) is 0 Å². The Morgan fingerprint density at radius 3 is 2.23 bits per heavy atom. The third-order valence-corrected chi connectivity index (χ3v) is 1.96. The molecule has 0 amide bonds. The number of hydrogen-bond acceptors (Lipinski definition) is 2. The second-order valence-electron chi connectivity index (χ2n) is 3.82. The summed E-state index contributed by atoms with van der Waals surface area (Å²) in [6.45, 7) is 7.28. The van der Waals surface area contributed by atoms with E-state index in [0.29, 0.717) is 18.9 Å². The van der Waals surface area contributed by atoms with Crippen molar-refractivity contribution in [1.82, 2.24) is 0 Å². The van der Waals surface area contributed by atoms with Crippen molar-refractivity contribution in [2.45, 2.75) is 33.6 Å². The van der Waals surface area contributed by atoms with E-state index in [9.17, 15) is 4.79 Å². The van der Waals surface area contributed by atoms with Crippen LogP contribution in [0.2, 0.25) is 0 Å². The topological polar surface area (TPSA) is 46.5 Å². The van der Waals surface area contributed by atoms with Gasteiger partial charge in [0.2, 0.25) is 0 Å². The number of aliphatic carboxylic acids is 1. The van der Waals surface area contributed by atoms with Crippen molar-refractivity contribution in [2.24, 2.45) is 11.8 Å². The first-order chi connectivity index (χ1) is 6.04. The lowest BCUT2D eigenvalue weighted by atomic mass is 10.1. The fraction of sp³-hybridized carbons (Fsp3) is 0.900. The smallest absolute Gasteiger partial charge is 0.306 e. The summed E-state index contributed by atoms with van der Waals surface area (Å²) in [6, 6.07) is 0. The second kappa shape index (κ2) is 6.89. The van der Waals surface area contributed by atoms with E-state index >= 15 is 0 Å². The molecule has 1 N–H and O–H groups in total. The normalized spacial score (nSPS) is 13.2. The summed E-state index contributed by atoms with van der Waals surface area (Å²) >= 11 is 0. The summed E-state index contributed by atoms with van der Waals surface area (Å²) < 4.78 is 5.30. The summed E-state index contributed by atoms with van der Waals surface area (Å²) in [5.41, 5.74) is 0. The highest BCUT2D eigenvalue weighted by Gasteiger charge is 2.09. The van der Waals surface area contributed by atoms with Crippen LogP contribution in [0.4, 0.5) is 0 Å². The lowest BCUT2D eigenvalue weighted by Gasteiger charge is -2.08. The zero-order chi connectivity index (χ0) is 10.3. The standard InChI is InChI=1S/C10H20O3/c1-8(2)4-6-13-7-5-9(3)10(11)12/h8-9H,4-7H2,1-3H3,(H,11,12). The van der Waals surface area contributed by atoms with Gasteiger partial charge in [-0.15, -0.1) is 0 Å². The molecule has 0 fully saturated rings. The summed E-state index contributed by atoms with van der Waals surface area (Å²) in [7, 11) is 0. The van der Waals surface area contributed by atoms with Crippen molar-refractivity contribution in [2.75, 3.05) is 13.2 Å². The minimum Gasteiger partial charge on any atom is -0.481 e. The second-order valence-corrected chi connectivity index (χ2v) is 3.82. The number of ether oxygens (including phenoxy) is 1. The molecule has 0 aromatic heterocycles. The highest BCUT2D eigenvalue weighted by atomic mass is 16.5. The van der Waals surface area contributed by atoms with Crippen LogP contribution < -0.4 is 0 Å². The molecule has 0 rings (SSSR count). The molecule has 0 heterocycles. The summed E-state index contributed by atoms with van der Waals surface area (Å²) in [4.78, 5) is 10.4. The Bertz CT molecular complexity index is 143. The van der Waals surface area contributed by atoms with E-state index in [1.807, 2.05) is 0 Å². The Labute approximate surface area is 80.1 Å². The SMILES string of the molecule is CC(C)CCOCCC(C)C(=O)O. The molecule has 3 nitrogen and oxygen atoms in total. The number of carbonyl (C=O) groups is 1. The number of rotatable bonds is 7. The molecule has 3 heteroatoms. The van der Waals surface area contributed by atoms with Crippen LogP contribution in [0.15, 0.2) is 0 Å². The molecule has 1 atom stereocenters. The van der Waals surface area contributed by atoms with E-state index in [1.165, 1.54) is 0 Å². The molecule has 0 saturated carbocycles. The van der Waals surface area contributed by atoms with Gasteiger partial charge < -0.3 is 9.84 Å². The van der Waals surface area contributed by atoms with Gasteiger partial charge in [-0.25, -0.2) is 0 Å². The molecule has 0 aromatic carbocycles. The summed E-state index contributed by atoms with van der Waals surface area (Å²) in [5.74, 6) is -0.386. The van der Waals surface area contributed by atoms with Gasteiger partial charge in [-0.1, -0.05) is 20.8 Å². The molecule has 0 bridgehead atoms. The Balaban J connectivity index is 3.21. The molecule has 13 heavy (non-hydrogen) atoms. The quantitative estimate of drug-likeness (QED) is 0.623. The van der Waals surface area contributed by atoms with Crippen molar-refractivity contribution in [1.29, 1.82) is 0 Å². The highest BCUT2D eigenvalue weighted by Crippen LogP contribution is 2.03. The third-order valence-electron chi connectivity index (χ3n) is 1.96. The van der Waals surface area contributed by atoms with Gasteiger partial charge in [0.25, 0.3) is 0 Å². The summed E-state index contributed by atoms with van der Waals surface area (Å²) in [5, 5.41) is 8.57. The average molecular weight is 188 g/mol. The largest absolute Gasteiger partial charge is 0.481 e. The van der Waals surface area contributed by atoms with Gasteiger partial charge in [0.05, 0.1) is 5.92 Å². The van der Waals surface area contributed by atoms with Crippen LogP contribution in [0.3, 0.4) is 0 Å². The lowest BCUT2D eigenvalue weighted by molar-refractivity contribution is -0.141. The first kappa shape index (κ1) is 12.4. The fourth-order valence-electron chi connectivity index (χ4n) is 0.805. The minimum atomic E-state index is -0.743. The van der Waals surface area contributed by atoms with Gasteiger partial charge in [-0.3, -0.25) is 4.79 Å². The van der Waals surface area contributed by atoms with Crippen LogP contribution in [-0.2, 0) is 9.53 Å². The maximum absolute atomic E-state index is 10.4. The van der Waals surface area contributed by atoms with Gasteiger partial charge in [0, 0.05) is 13.2 Å². The Kier molecular flexibility index (Phi) is 6.59. The first-order valence-corrected chi connectivity index (χ1v) is 4.84. The zero-order valence-electron chi connectivity index (χ0n) is 8.75. The Hall–Kier alpha value is -0.570. The van der Waals surface area contributed by atoms with Crippen molar-refractivity contribution in [3.05, 3.63) is 0 Å². The predicted octanol–water partition coefficient (Wildman–Crippen LogP) is 2.16. The molecule has 0 aliphatic carbocycles. The molecule has 0 radical (unpaired) electrons. The molecule has 0 spiro atoms. The predicted molar refractivity (Wildman–Crippen MR) is 51.7 cm³/mol. The van der Waals surface area contributed by atoms with Crippen molar-refractivity contribution >= 4 is 5.97 Å². The molecule has 0 aliphatic heterocycles. The van der Waals surface area contributed by atoms with E-state index in [0.717, 1.165) is 13.0 Å². The molecular formula is C10H20O3. The van der Waals surface area contributed by atoms with Gasteiger partial charge >= 0.3 is 5.97 Å². The monoisotopic (exact) mass is 188 g/mol. The van der Waals surface area contributed by atoms with Crippen molar-refractivity contribution in [3.8, 4) is 0 Å². The zero-order valence-corrected chi connectivity index (χ0v) is 8.75. The van der Waals surface area contributed by atoms with E-state index < -0.39 is 5.97 Å². The van der Waals surface area contributed by atoms with Crippen LogP contribution in [-0.4, -0.2) is 24.3 Å². The van der Waals surface area contributed by atoms with E-state index in [-0.39, 0.29) is 5.92 Å². The van der Waals surface area contributed by atoms with E-state index in [2.05, 4.69) is 13.8 Å². The summed E-state index contributed by atoms with van der Waals surface area (Å²) in [6.07, 6.45) is 1.65. The van der Waals surface area contributed by atoms with Crippen LogP contribution in [0.25, 0.3) is 0 Å². The van der Waals surface area contributed by atoms with Gasteiger partial charge in [-0.05, 0) is 18.8 Å². The molecule has 1 unspecified atom stereocenters. The number of carboxylic acids is 1. The van der Waals surface area contributed by atoms with Gasteiger partial charge in [0.1, 0.15) is 0 Å². The molecular weight excluding hydrogens is 168 g/mol. The highest BCUT2D eigenvalue weighted by molar-refractivity contribution is 5.69. The van der Waals surface area contributed by atoms with Gasteiger partial charge in [-0.2, -0.15) is 0 Å². The Morgan fingerprint density at radius 1 is 1.23 bits per heavy atom. The number of hydrogen-bond donors (Lipinski definition) is 1. The third kappa shape index (κ3) is 7.78. The fourth-order valence-corrected chi connectivity index (χ4v) is 0.805. The first-order valence-electron chi connectivity index (χ1n) is 4.84. The molecule has 0 saturated heterocycles. The molecule has 0 aromatic rings. The van der Waals surface area contributed by atoms with Crippen LogP contribution in [0, 0.1) is 11.8 Å². The van der Waals surface area contributed by atoms with Gasteiger partial charge in [0.15, 0.2) is 0 Å². The average Bonchev–Trinajstić information content (AvgIpc) is 2.02. The maximum atomic E-state index is 10.4. The molecule has 78 valence electrons. The Morgan fingerprint density at radius 2 is 1.77 bits per heavy atom. The lowest BCUT2D eigenvalue weighted by Crippen LogP contribution is -2.12. The molecule has 0 aliphatic rings. The number of carboxylic acid groups (broad SMARTS) is 1. The van der Waals surface area contributed by atoms with Crippen LogP contribution >= 0.6 is 0 Å².